The van der Waals surface area contributed by atoms with Crippen molar-refractivity contribution < 1.29 is 33.4 Å². The molecule has 4 atom stereocenters. The number of carbonyl (C=O) groups excluding carboxylic acids is 1. The minimum Gasteiger partial charge on any atom is -0.493 e. The zero-order valence-electron chi connectivity index (χ0n) is 16.1. The number of fused-ring (bicyclic) bond motifs is 4. The molecule has 0 spiro atoms. The molecule has 30 heavy (non-hydrogen) atoms. The zero-order valence-corrected chi connectivity index (χ0v) is 16.1. The van der Waals surface area contributed by atoms with Gasteiger partial charge in [-0.1, -0.05) is 11.2 Å². The van der Waals surface area contributed by atoms with Gasteiger partial charge in [0.1, 0.15) is 29.2 Å². The number of hydrogen-bond acceptors (Lipinski definition) is 9. The first kappa shape index (κ1) is 18.6. The van der Waals surface area contributed by atoms with Crippen LogP contribution >= 0.6 is 0 Å². The first-order chi connectivity index (χ1) is 14.4. The number of carbonyl (C=O) groups is 1. The number of nitrogens with one attached hydrogen (secondary N) is 1. The molecule has 1 saturated heterocycles. The lowest BCUT2D eigenvalue weighted by molar-refractivity contribution is -0.119. The first-order valence-electron chi connectivity index (χ1n) is 9.23. The van der Waals surface area contributed by atoms with E-state index in [9.17, 15) is 14.7 Å². The molecule has 1 aromatic heterocycles. The van der Waals surface area contributed by atoms with Gasteiger partial charge < -0.3 is 33.9 Å². The molecule has 3 aliphatic rings. The smallest absolute Gasteiger partial charge is 0.360 e. The molecule has 1 amide bonds. The molecule has 2 unspecified atom stereocenters. The highest BCUT2D eigenvalue weighted by atomic mass is 16.7. The fourth-order valence-electron chi connectivity index (χ4n) is 3.86. The number of benzene rings is 1. The second-order valence-electron chi connectivity index (χ2n) is 7.26. The number of hydrogen-bond donors (Lipinski definition) is 2. The fraction of sp³-hybridized carbons (Fsp3) is 0.350. The summed E-state index contributed by atoms with van der Waals surface area (Å²) in [7, 11) is 2.90. The molecule has 10 heteroatoms. The Morgan fingerprint density at radius 3 is 2.90 bits per heavy atom. The van der Waals surface area contributed by atoms with Crippen molar-refractivity contribution >= 4 is 28.3 Å². The zero-order chi connectivity index (χ0) is 21.0. The number of oxime groups is 1. The summed E-state index contributed by atoms with van der Waals surface area (Å²) in [5.41, 5.74) is -2.10. The van der Waals surface area contributed by atoms with E-state index in [4.69, 9.17) is 23.5 Å². The van der Waals surface area contributed by atoms with Crippen LogP contribution in [0.4, 0.5) is 5.69 Å². The maximum absolute atomic E-state index is 12.7. The third kappa shape index (κ3) is 2.76. The summed E-state index contributed by atoms with van der Waals surface area (Å²) in [6, 6.07) is 4.79. The predicted octanol–water partition coefficient (Wildman–Crippen LogP) is 0.962. The lowest BCUT2D eigenvalue weighted by Gasteiger charge is -2.36. The van der Waals surface area contributed by atoms with E-state index in [0.29, 0.717) is 11.1 Å². The van der Waals surface area contributed by atoms with Crippen molar-refractivity contribution in [3.63, 3.8) is 0 Å². The van der Waals surface area contributed by atoms with Gasteiger partial charge in [-0.15, -0.1) is 0 Å². The highest BCUT2D eigenvalue weighted by molar-refractivity contribution is 6.43. The first-order valence-corrected chi connectivity index (χ1v) is 9.23. The van der Waals surface area contributed by atoms with Crippen molar-refractivity contribution in [2.24, 2.45) is 5.16 Å². The van der Waals surface area contributed by atoms with E-state index in [1.807, 2.05) is 0 Å². The quantitative estimate of drug-likeness (QED) is 0.430. The van der Waals surface area contributed by atoms with E-state index in [2.05, 4.69) is 10.5 Å². The Hall–Kier alpha value is -3.37. The minimum absolute atomic E-state index is 0.0508. The average molecular weight is 414 g/mol. The van der Waals surface area contributed by atoms with Gasteiger partial charge in [0.2, 0.25) is 5.75 Å². The second-order valence-corrected chi connectivity index (χ2v) is 7.26. The Morgan fingerprint density at radius 2 is 2.13 bits per heavy atom. The van der Waals surface area contributed by atoms with Gasteiger partial charge in [-0.2, -0.15) is 0 Å². The third-order valence-electron chi connectivity index (χ3n) is 5.47. The van der Waals surface area contributed by atoms with E-state index >= 15 is 0 Å². The maximum atomic E-state index is 12.7. The number of ether oxygens (including phenoxy) is 3. The molecule has 2 N–H and O–H groups in total. The molecule has 156 valence electrons. The summed E-state index contributed by atoms with van der Waals surface area (Å²) < 4.78 is 21.2. The van der Waals surface area contributed by atoms with Gasteiger partial charge in [0, 0.05) is 11.8 Å². The summed E-state index contributed by atoms with van der Waals surface area (Å²) in [6.45, 7) is 0. The van der Waals surface area contributed by atoms with Crippen LogP contribution in [0.2, 0.25) is 0 Å². The van der Waals surface area contributed by atoms with Gasteiger partial charge in [-0.3, -0.25) is 4.79 Å². The monoisotopic (exact) mass is 414 g/mol. The van der Waals surface area contributed by atoms with Crippen molar-refractivity contribution in [3.8, 4) is 11.5 Å². The molecule has 0 saturated carbocycles. The Bertz CT molecular complexity index is 1170. The molecule has 2 aliphatic heterocycles. The summed E-state index contributed by atoms with van der Waals surface area (Å²) in [5.74, 6) is -0.00281. The molecule has 1 aliphatic carbocycles. The molecule has 10 nitrogen and oxygen atoms in total. The molecule has 1 aromatic carbocycles. The molecule has 0 radical (unpaired) electrons. The summed E-state index contributed by atoms with van der Waals surface area (Å²) >= 11 is 0. The minimum atomic E-state index is -1.38. The van der Waals surface area contributed by atoms with Gasteiger partial charge in [0.05, 0.1) is 14.2 Å². The van der Waals surface area contributed by atoms with Gasteiger partial charge in [-0.05, 0) is 24.3 Å². The van der Waals surface area contributed by atoms with Crippen molar-refractivity contribution in [2.45, 2.75) is 30.3 Å². The SMILES string of the molecule is COc1ccc2cc(NC(=O)C3=NO[C@H]4C=CC5OC5[C@@]4(O)C3)c(=O)oc2c1OC. The van der Waals surface area contributed by atoms with E-state index < -0.39 is 29.3 Å². The number of methoxy groups -OCH3 is 2. The van der Waals surface area contributed by atoms with E-state index in [-0.39, 0.29) is 35.3 Å². The van der Waals surface area contributed by atoms with Crippen LogP contribution in [0.15, 0.2) is 44.7 Å². The summed E-state index contributed by atoms with van der Waals surface area (Å²) in [6.07, 6.45) is 2.08. The van der Waals surface area contributed by atoms with Crippen molar-refractivity contribution in [2.75, 3.05) is 19.5 Å². The van der Waals surface area contributed by atoms with Crippen LogP contribution < -0.4 is 20.4 Å². The normalized spacial score (nSPS) is 28.6. The van der Waals surface area contributed by atoms with Crippen LogP contribution in [0.3, 0.4) is 0 Å². The second kappa shape index (κ2) is 6.57. The average Bonchev–Trinajstić information content (AvgIpc) is 3.54. The van der Waals surface area contributed by atoms with Gasteiger partial charge in [-0.25, -0.2) is 4.79 Å². The Kier molecular flexibility index (Phi) is 4.09. The Labute approximate surface area is 169 Å². The van der Waals surface area contributed by atoms with E-state index in [1.54, 1.807) is 24.3 Å². The highest BCUT2D eigenvalue weighted by Crippen LogP contribution is 2.44. The number of amides is 1. The lowest BCUT2D eigenvalue weighted by atomic mass is 9.81. The van der Waals surface area contributed by atoms with Crippen molar-refractivity contribution in [1.29, 1.82) is 0 Å². The van der Waals surface area contributed by atoms with Gasteiger partial charge in [0.25, 0.3) is 5.91 Å². The number of rotatable bonds is 4. The molecule has 1 fully saturated rings. The van der Waals surface area contributed by atoms with E-state index in [1.165, 1.54) is 20.3 Å². The predicted molar refractivity (Wildman–Crippen MR) is 104 cm³/mol. The van der Waals surface area contributed by atoms with Crippen LogP contribution in [0.1, 0.15) is 6.42 Å². The van der Waals surface area contributed by atoms with Gasteiger partial charge >= 0.3 is 5.63 Å². The highest BCUT2D eigenvalue weighted by Gasteiger charge is 2.62. The summed E-state index contributed by atoms with van der Waals surface area (Å²) in [4.78, 5) is 30.4. The van der Waals surface area contributed by atoms with Crippen LogP contribution in [-0.2, 0) is 14.4 Å². The third-order valence-corrected chi connectivity index (χ3v) is 5.47. The lowest BCUT2D eigenvalue weighted by Crippen LogP contribution is -2.54. The molecule has 2 aromatic rings. The molecule has 5 rings (SSSR count). The van der Waals surface area contributed by atoms with Crippen molar-refractivity contribution in [3.05, 3.63) is 40.8 Å². The Morgan fingerprint density at radius 1 is 1.30 bits per heavy atom. The summed E-state index contributed by atoms with van der Waals surface area (Å²) in [5, 5.41) is 17.7. The topological polar surface area (TPSA) is 132 Å². The fourth-order valence-corrected chi connectivity index (χ4v) is 3.86. The van der Waals surface area contributed by atoms with Crippen molar-refractivity contribution in [1.82, 2.24) is 0 Å². The number of nitrogens with zero attached hydrogens (tertiary/aromatic N) is 1. The molecular formula is C20H18N2O8. The largest absolute Gasteiger partial charge is 0.493 e. The van der Waals surface area contributed by atoms with Crippen LogP contribution in [0, 0.1) is 0 Å². The van der Waals surface area contributed by atoms with Crippen LogP contribution in [0.25, 0.3) is 11.0 Å². The van der Waals surface area contributed by atoms with Crippen LogP contribution in [0.5, 0.6) is 11.5 Å². The van der Waals surface area contributed by atoms with Crippen LogP contribution in [-0.4, -0.2) is 54.9 Å². The Balaban J connectivity index is 1.42. The number of anilines is 1. The van der Waals surface area contributed by atoms with Gasteiger partial charge in [0.15, 0.2) is 17.4 Å². The number of epoxide rings is 1. The number of aliphatic hydroxyl groups is 1. The standard InChI is InChI=1S/C20H18N2O8/c1-26-12-4-3-9-7-10(19(24)29-15(9)16(12)27-2)21-18(23)11-8-20(25)14(30-22-11)6-5-13-17(20)28-13/h3-7,13-14,17,25H,8H2,1-2H3,(H,21,23)/t13?,14-,17?,20+/m0/s1. The van der Waals surface area contributed by atoms with E-state index in [0.717, 1.165) is 0 Å². The molecule has 0 bridgehead atoms. The maximum Gasteiger partial charge on any atom is 0.360 e. The molecular weight excluding hydrogens is 396 g/mol. The molecule has 3 heterocycles.